The average Bonchev–Trinajstić information content (AvgIpc) is 2.69. The molecule has 2 rings (SSSR count). The zero-order chi connectivity index (χ0) is 11.5. The molecule has 0 saturated carbocycles. The SMILES string of the molecule is CC(C)OCc1c[nH]c2c(CN)cccc12. The molecule has 0 unspecified atom stereocenters. The van der Waals surface area contributed by atoms with Gasteiger partial charge < -0.3 is 15.5 Å². The minimum Gasteiger partial charge on any atom is -0.374 e. The molecule has 1 heterocycles. The maximum atomic E-state index is 5.70. The highest BCUT2D eigenvalue weighted by molar-refractivity contribution is 5.85. The summed E-state index contributed by atoms with van der Waals surface area (Å²) >= 11 is 0. The van der Waals surface area contributed by atoms with Crippen molar-refractivity contribution in [2.24, 2.45) is 5.73 Å². The molecule has 3 N–H and O–H groups in total. The predicted molar refractivity (Wildman–Crippen MR) is 66.1 cm³/mol. The zero-order valence-electron chi connectivity index (χ0n) is 9.79. The number of hydrogen-bond acceptors (Lipinski definition) is 2. The molecule has 0 radical (unpaired) electrons. The van der Waals surface area contributed by atoms with E-state index in [1.54, 1.807) is 0 Å². The molecular formula is C13H18N2O. The van der Waals surface area contributed by atoms with E-state index in [0.717, 1.165) is 11.1 Å². The Bertz CT molecular complexity index is 474. The number of aromatic amines is 1. The minimum atomic E-state index is 0.252. The summed E-state index contributed by atoms with van der Waals surface area (Å²) in [6.07, 6.45) is 2.26. The Morgan fingerprint density at radius 1 is 1.31 bits per heavy atom. The topological polar surface area (TPSA) is 51.0 Å². The molecule has 0 bridgehead atoms. The Labute approximate surface area is 95.6 Å². The van der Waals surface area contributed by atoms with Crippen LogP contribution in [0.15, 0.2) is 24.4 Å². The Morgan fingerprint density at radius 2 is 2.12 bits per heavy atom. The van der Waals surface area contributed by atoms with E-state index in [1.807, 2.05) is 32.2 Å². The second kappa shape index (κ2) is 4.68. The summed E-state index contributed by atoms with van der Waals surface area (Å²) in [5.41, 5.74) is 9.17. The fourth-order valence-corrected chi connectivity index (χ4v) is 1.82. The van der Waals surface area contributed by atoms with E-state index in [-0.39, 0.29) is 6.10 Å². The molecule has 0 spiro atoms. The first kappa shape index (κ1) is 11.2. The monoisotopic (exact) mass is 218 g/mol. The van der Waals surface area contributed by atoms with Crippen LogP contribution in [0.3, 0.4) is 0 Å². The summed E-state index contributed by atoms with van der Waals surface area (Å²) < 4.78 is 5.62. The van der Waals surface area contributed by atoms with Gasteiger partial charge in [0, 0.05) is 23.7 Å². The highest BCUT2D eigenvalue weighted by Crippen LogP contribution is 2.22. The van der Waals surface area contributed by atoms with Crippen LogP contribution in [0.2, 0.25) is 0 Å². The van der Waals surface area contributed by atoms with Crippen LogP contribution in [0.1, 0.15) is 25.0 Å². The van der Waals surface area contributed by atoms with Crippen LogP contribution in [0.4, 0.5) is 0 Å². The van der Waals surface area contributed by atoms with E-state index in [9.17, 15) is 0 Å². The van der Waals surface area contributed by atoms with Gasteiger partial charge in [-0.05, 0) is 19.4 Å². The van der Waals surface area contributed by atoms with Gasteiger partial charge in [-0.2, -0.15) is 0 Å². The number of benzene rings is 1. The Hall–Kier alpha value is -1.32. The highest BCUT2D eigenvalue weighted by Gasteiger charge is 2.07. The average molecular weight is 218 g/mol. The summed E-state index contributed by atoms with van der Waals surface area (Å²) in [6.45, 7) is 5.29. The van der Waals surface area contributed by atoms with Crippen molar-refractivity contribution < 1.29 is 4.74 Å². The second-order valence-electron chi connectivity index (χ2n) is 4.22. The Balaban J connectivity index is 2.34. The largest absolute Gasteiger partial charge is 0.374 e. The molecule has 0 aliphatic carbocycles. The van der Waals surface area contributed by atoms with Gasteiger partial charge in [0.05, 0.1) is 18.2 Å². The van der Waals surface area contributed by atoms with Gasteiger partial charge in [0.2, 0.25) is 0 Å². The normalized spacial score (nSPS) is 11.5. The van der Waals surface area contributed by atoms with Gasteiger partial charge in [0.15, 0.2) is 0 Å². The molecule has 0 saturated heterocycles. The lowest BCUT2D eigenvalue weighted by atomic mass is 10.1. The number of nitrogens with two attached hydrogens (primary N) is 1. The molecule has 3 nitrogen and oxygen atoms in total. The fraction of sp³-hybridized carbons (Fsp3) is 0.385. The molecule has 1 aromatic carbocycles. The number of para-hydroxylation sites is 1. The maximum absolute atomic E-state index is 5.70. The van der Waals surface area contributed by atoms with Gasteiger partial charge in [0.25, 0.3) is 0 Å². The van der Waals surface area contributed by atoms with Crippen molar-refractivity contribution in [3.05, 3.63) is 35.5 Å². The van der Waals surface area contributed by atoms with Crippen LogP contribution < -0.4 is 5.73 Å². The zero-order valence-corrected chi connectivity index (χ0v) is 9.79. The summed E-state index contributed by atoms with van der Waals surface area (Å²) in [4.78, 5) is 3.27. The molecule has 16 heavy (non-hydrogen) atoms. The van der Waals surface area contributed by atoms with E-state index >= 15 is 0 Å². The molecule has 0 amide bonds. The smallest absolute Gasteiger partial charge is 0.0741 e. The molecule has 3 heteroatoms. The summed E-state index contributed by atoms with van der Waals surface area (Å²) in [7, 11) is 0. The van der Waals surface area contributed by atoms with Crippen molar-refractivity contribution in [3.63, 3.8) is 0 Å². The second-order valence-corrected chi connectivity index (χ2v) is 4.22. The van der Waals surface area contributed by atoms with Gasteiger partial charge in [-0.25, -0.2) is 0 Å². The van der Waals surface area contributed by atoms with Gasteiger partial charge in [-0.1, -0.05) is 18.2 Å². The van der Waals surface area contributed by atoms with Crippen molar-refractivity contribution in [1.29, 1.82) is 0 Å². The van der Waals surface area contributed by atoms with E-state index in [0.29, 0.717) is 13.2 Å². The van der Waals surface area contributed by atoms with E-state index < -0.39 is 0 Å². The molecule has 0 atom stereocenters. The van der Waals surface area contributed by atoms with E-state index in [2.05, 4.69) is 11.1 Å². The summed E-state index contributed by atoms with van der Waals surface area (Å²) in [6, 6.07) is 6.19. The van der Waals surface area contributed by atoms with Gasteiger partial charge >= 0.3 is 0 Å². The van der Waals surface area contributed by atoms with Gasteiger partial charge in [0.1, 0.15) is 0 Å². The molecule has 0 fully saturated rings. The molecule has 86 valence electrons. The maximum Gasteiger partial charge on any atom is 0.0741 e. The van der Waals surface area contributed by atoms with Crippen LogP contribution >= 0.6 is 0 Å². The van der Waals surface area contributed by atoms with Crippen molar-refractivity contribution in [2.75, 3.05) is 0 Å². The number of ether oxygens (including phenoxy) is 1. The first-order valence-corrected chi connectivity index (χ1v) is 5.62. The quantitative estimate of drug-likeness (QED) is 0.828. The highest BCUT2D eigenvalue weighted by atomic mass is 16.5. The summed E-state index contributed by atoms with van der Waals surface area (Å²) in [5, 5.41) is 1.21. The van der Waals surface area contributed by atoms with E-state index in [1.165, 1.54) is 10.9 Å². The third-order valence-electron chi connectivity index (χ3n) is 2.68. The van der Waals surface area contributed by atoms with Crippen molar-refractivity contribution in [3.8, 4) is 0 Å². The van der Waals surface area contributed by atoms with Crippen LogP contribution in [-0.2, 0) is 17.9 Å². The number of nitrogens with one attached hydrogen (secondary N) is 1. The molecule has 1 aromatic heterocycles. The standard InChI is InChI=1S/C13H18N2O/c1-9(2)16-8-11-7-15-13-10(6-14)4-3-5-12(11)13/h3-5,7,9,15H,6,8,14H2,1-2H3. The van der Waals surface area contributed by atoms with Gasteiger partial charge in [-0.15, -0.1) is 0 Å². The van der Waals surface area contributed by atoms with Crippen LogP contribution in [0.25, 0.3) is 10.9 Å². The third kappa shape index (κ3) is 2.10. The number of fused-ring (bicyclic) bond motifs is 1. The van der Waals surface area contributed by atoms with Crippen LogP contribution in [0, 0.1) is 0 Å². The van der Waals surface area contributed by atoms with Gasteiger partial charge in [-0.3, -0.25) is 0 Å². The molecule has 0 aliphatic heterocycles. The Morgan fingerprint density at radius 3 is 2.81 bits per heavy atom. The van der Waals surface area contributed by atoms with Crippen molar-refractivity contribution in [1.82, 2.24) is 4.98 Å². The lowest BCUT2D eigenvalue weighted by Gasteiger charge is -2.06. The molecule has 2 aromatic rings. The van der Waals surface area contributed by atoms with E-state index in [4.69, 9.17) is 10.5 Å². The number of rotatable bonds is 4. The third-order valence-corrected chi connectivity index (χ3v) is 2.68. The van der Waals surface area contributed by atoms with Crippen molar-refractivity contribution >= 4 is 10.9 Å². The first-order chi connectivity index (χ1) is 7.72. The lowest BCUT2D eigenvalue weighted by Crippen LogP contribution is -2.01. The lowest BCUT2D eigenvalue weighted by molar-refractivity contribution is 0.0664. The number of hydrogen-bond donors (Lipinski definition) is 2. The molecule has 0 aliphatic rings. The Kier molecular flexibility index (Phi) is 3.27. The molecular weight excluding hydrogens is 200 g/mol. The summed E-state index contributed by atoms with van der Waals surface area (Å²) in [5.74, 6) is 0. The first-order valence-electron chi connectivity index (χ1n) is 5.62. The van der Waals surface area contributed by atoms with Crippen LogP contribution in [-0.4, -0.2) is 11.1 Å². The van der Waals surface area contributed by atoms with Crippen LogP contribution in [0.5, 0.6) is 0 Å². The number of H-pyrrole nitrogens is 1. The minimum absolute atomic E-state index is 0.252. The predicted octanol–water partition coefficient (Wildman–Crippen LogP) is 2.55. The number of aromatic nitrogens is 1. The van der Waals surface area contributed by atoms with Crippen molar-refractivity contribution in [2.45, 2.75) is 33.1 Å². The fourth-order valence-electron chi connectivity index (χ4n) is 1.82.